The Kier molecular flexibility index (Phi) is 3.28. The molecule has 0 spiro atoms. The van der Waals surface area contributed by atoms with Crippen LogP contribution >= 0.6 is 0 Å². The van der Waals surface area contributed by atoms with E-state index >= 15 is 0 Å². The molecule has 1 aliphatic rings. The van der Waals surface area contributed by atoms with Crippen LogP contribution in [0.2, 0.25) is 0 Å². The first-order valence-electron chi connectivity index (χ1n) is 5.83. The van der Waals surface area contributed by atoms with Gasteiger partial charge in [-0.1, -0.05) is 6.92 Å². The van der Waals surface area contributed by atoms with Gasteiger partial charge in [-0.25, -0.2) is 0 Å². The number of aromatic hydroxyl groups is 1. The highest BCUT2D eigenvalue weighted by molar-refractivity contribution is 6.02. The molecule has 2 rings (SSSR count). The molecule has 1 aliphatic carbocycles. The Morgan fingerprint density at radius 1 is 1.44 bits per heavy atom. The third-order valence-electron chi connectivity index (χ3n) is 3.33. The van der Waals surface area contributed by atoms with Gasteiger partial charge in [-0.05, 0) is 12.5 Å². The average Bonchev–Trinajstić information content (AvgIpc) is 2.34. The van der Waals surface area contributed by atoms with Crippen molar-refractivity contribution in [3.63, 3.8) is 0 Å². The van der Waals surface area contributed by atoms with Crippen LogP contribution in [-0.4, -0.2) is 34.3 Å². The predicted molar refractivity (Wildman–Crippen MR) is 64.0 cm³/mol. The fourth-order valence-corrected chi connectivity index (χ4v) is 2.37. The maximum atomic E-state index is 11.9. The molecule has 5 nitrogen and oxygen atoms in total. The molecule has 0 saturated heterocycles. The zero-order valence-corrected chi connectivity index (χ0v) is 10.3. The van der Waals surface area contributed by atoms with Crippen molar-refractivity contribution in [1.82, 2.24) is 0 Å². The van der Waals surface area contributed by atoms with E-state index in [4.69, 9.17) is 4.74 Å². The first-order valence-corrected chi connectivity index (χ1v) is 5.83. The van der Waals surface area contributed by atoms with Crippen molar-refractivity contribution >= 4 is 5.78 Å². The summed E-state index contributed by atoms with van der Waals surface area (Å²) in [6.45, 7) is 1.84. The maximum absolute atomic E-state index is 11.9. The monoisotopic (exact) mass is 252 g/mol. The molecule has 0 saturated carbocycles. The summed E-state index contributed by atoms with van der Waals surface area (Å²) >= 11 is 0. The van der Waals surface area contributed by atoms with Gasteiger partial charge in [0, 0.05) is 17.5 Å². The number of hydrogen-bond donors (Lipinski definition) is 3. The van der Waals surface area contributed by atoms with Crippen LogP contribution in [0.4, 0.5) is 0 Å². The smallest absolute Gasteiger partial charge is 0.169 e. The number of benzene rings is 1. The quantitative estimate of drug-likeness (QED) is 0.729. The standard InChI is InChI=1S/C13H16O5/c1-3-6-10(18-2)4-7-11(13(6)17)8(14)5-9(15)12(7)16/h4,9,12,15-17H,3,5H2,1-2H3. The number of phenolic OH excluding ortho intramolecular Hbond substituents is 1. The van der Waals surface area contributed by atoms with Gasteiger partial charge in [-0.3, -0.25) is 4.79 Å². The van der Waals surface area contributed by atoms with Gasteiger partial charge in [0.15, 0.2) is 5.78 Å². The van der Waals surface area contributed by atoms with Crippen molar-refractivity contribution in [2.45, 2.75) is 32.0 Å². The van der Waals surface area contributed by atoms with Crippen molar-refractivity contribution < 1.29 is 24.9 Å². The van der Waals surface area contributed by atoms with Crippen LogP contribution in [0.15, 0.2) is 6.07 Å². The third-order valence-corrected chi connectivity index (χ3v) is 3.33. The first kappa shape index (κ1) is 12.9. The summed E-state index contributed by atoms with van der Waals surface area (Å²) in [7, 11) is 1.45. The number of ether oxygens (including phenoxy) is 1. The molecule has 18 heavy (non-hydrogen) atoms. The zero-order valence-electron chi connectivity index (χ0n) is 10.3. The molecule has 0 heterocycles. The first-order chi connectivity index (χ1) is 8.51. The Balaban J connectivity index is 2.71. The van der Waals surface area contributed by atoms with E-state index in [0.29, 0.717) is 17.7 Å². The second kappa shape index (κ2) is 4.59. The van der Waals surface area contributed by atoms with Crippen LogP contribution in [0.25, 0.3) is 0 Å². The van der Waals surface area contributed by atoms with E-state index in [2.05, 4.69) is 0 Å². The summed E-state index contributed by atoms with van der Waals surface area (Å²) in [6, 6.07) is 1.51. The lowest BCUT2D eigenvalue weighted by Gasteiger charge is -2.27. The number of phenols is 1. The van der Waals surface area contributed by atoms with E-state index < -0.39 is 12.2 Å². The molecule has 1 aromatic rings. The van der Waals surface area contributed by atoms with Crippen LogP contribution < -0.4 is 4.74 Å². The molecule has 0 aliphatic heterocycles. The van der Waals surface area contributed by atoms with E-state index in [1.54, 1.807) is 0 Å². The average molecular weight is 252 g/mol. The SMILES string of the molecule is CCc1c(OC)cc2c(c1O)C(=O)CC(O)C2O. The van der Waals surface area contributed by atoms with Gasteiger partial charge in [0.2, 0.25) is 0 Å². The zero-order chi connectivity index (χ0) is 13.4. The fraction of sp³-hybridized carbons (Fsp3) is 0.462. The van der Waals surface area contributed by atoms with Crippen LogP contribution in [0.1, 0.15) is 40.9 Å². The number of ketones is 1. The van der Waals surface area contributed by atoms with Crippen LogP contribution in [0, 0.1) is 0 Å². The summed E-state index contributed by atoms with van der Waals surface area (Å²) in [4.78, 5) is 11.9. The minimum atomic E-state index is -1.18. The van der Waals surface area contributed by atoms with E-state index in [9.17, 15) is 20.1 Å². The lowest BCUT2D eigenvalue weighted by molar-refractivity contribution is 0.00830. The molecular formula is C13H16O5. The van der Waals surface area contributed by atoms with Crippen molar-refractivity contribution in [3.8, 4) is 11.5 Å². The Hall–Kier alpha value is -1.59. The normalized spacial score (nSPS) is 22.8. The Morgan fingerprint density at radius 3 is 2.67 bits per heavy atom. The topological polar surface area (TPSA) is 87.0 Å². The van der Waals surface area contributed by atoms with Gasteiger partial charge in [0.25, 0.3) is 0 Å². The van der Waals surface area contributed by atoms with Gasteiger partial charge < -0.3 is 20.1 Å². The summed E-state index contributed by atoms with van der Waals surface area (Å²) in [5.41, 5.74) is 0.865. The molecule has 3 N–H and O–H groups in total. The predicted octanol–water partition coefficient (Wildman–Crippen LogP) is 0.944. The highest BCUT2D eigenvalue weighted by Crippen LogP contribution is 2.41. The van der Waals surface area contributed by atoms with Gasteiger partial charge in [-0.15, -0.1) is 0 Å². The number of carbonyl (C=O) groups is 1. The Labute approximate surface area is 105 Å². The van der Waals surface area contributed by atoms with Crippen molar-refractivity contribution in [1.29, 1.82) is 0 Å². The lowest BCUT2D eigenvalue weighted by Crippen LogP contribution is -2.29. The van der Waals surface area contributed by atoms with Gasteiger partial charge in [0.1, 0.15) is 17.6 Å². The maximum Gasteiger partial charge on any atom is 0.169 e. The number of carbonyl (C=O) groups excluding carboxylic acids is 1. The van der Waals surface area contributed by atoms with E-state index in [1.165, 1.54) is 13.2 Å². The number of Topliss-reactive ketones (excluding diaryl/α,β-unsaturated/α-hetero) is 1. The van der Waals surface area contributed by atoms with E-state index in [1.807, 2.05) is 6.92 Å². The molecule has 0 aromatic heterocycles. The van der Waals surface area contributed by atoms with Crippen molar-refractivity contribution in [3.05, 3.63) is 22.8 Å². The number of hydrogen-bond acceptors (Lipinski definition) is 5. The molecule has 0 fully saturated rings. The second-order valence-electron chi connectivity index (χ2n) is 4.36. The molecule has 0 bridgehead atoms. The van der Waals surface area contributed by atoms with Crippen molar-refractivity contribution in [2.75, 3.05) is 7.11 Å². The molecule has 98 valence electrons. The summed E-state index contributed by atoms with van der Waals surface area (Å²) in [5, 5.41) is 29.6. The molecule has 0 radical (unpaired) electrons. The molecule has 1 aromatic carbocycles. The van der Waals surface area contributed by atoms with Gasteiger partial charge in [0.05, 0.1) is 18.8 Å². The highest BCUT2D eigenvalue weighted by atomic mass is 16.5. The van der Waals surface area contributed by atoms with Gasteiger partial charge >= 0.3 is 0 Å². The largest absolute Gasteiger partial charge is 0.507 e. The lowest BCUT2D eigenvalue weighted by atomic mass is 9.84. The van der Waals surface area contributed by atoms with E-state index in [-0.39, 0.29) is 29.1 Å². The summed E-state index contributed by atoms with van der Waals surface area (Å²) in [6.07, 6.45) is -1.99. The molecule has 2 atom stereocenters. The molecule has 5 heteroatoms. The van der Waals surface area contributed by atoms with E-state index in [0.717, 1.165) is 0 Å². The van der Waals surface area contributed by atoms with Crippen LogP contribution in [0.3, 0.4) is 0 Å². The fourth-order valence-electron chi connectivity index (χ4n) is 2.37. The number of aliphatic hydroxyl groups excluding tert-OH is 2. The van der Waals surface area contributed by atoms with Crippen molar-refractivity contribution in [2.24, 2.45) is 0 Å². The molecule has 2 unspecified atom stereocenters. The summed E-state index contributed by atoms with van der Waals surface area (Å²) in [5.74, 6) is -0.102. The third kappa shape index (κ3) is 1.76. The Bertz CT molecular complexity index is 495. The molecular weight excluding hydrogens is 236 g/mol. The number of methoxy groups -OCH3 is 1. The van der Waals surface area contributed by atoms with Crippen LogP contribution in [0.5, 0.6) is 11.5 Å². The summed E-state index contributed by atoms with van der Waals surface area (Å²) < 4.78 is 5.14. The number of fused-ring (bicyclic) bond motifs is 1. The van der Waals surface area contributed by atoms with Crippen LogP contribution in [-0.2, 0) is 6.42 Å². The minimum absolute atomic E-state index is 0.102. The molecule has 0 amide bonds. The second-order valence-corrected chi connectivity index (χ2v) is 4.36. The minimum Gasteiger partial charge on any atom is -0.507 e. The van der Waals surface area contributed by atoms with Gasteiger partial charge in [-0.2, -0.15) is 0 Å². The number of aliphatic hydroxyl groups is 2. The number of rotatable bonds is 2. The highest BCUT2D eigenvalue weighted by Gasteiger charge is 2.35. The Morgan fingerprint density at radius 2 is 2.11 bits per heavy atom.